The third-order valence-corrected chi connectivity index (χ3v) is 6.09. The van der Waals surface area contributed by atoms with Crippen molar-refractivity contribution in [2.24, 2.45) is 5.92 Å². The molecule has 164 valence electrons. The smallest absolute Gasteiger partial charge is 0.271 e. The van der Waals surface area contributed by atoms with Crippen molar-refractivity contribution in [1.82, 2.24) is 15.1 Å². The molecule has 7 heteroatoms. The lowest BCUT2D eigenvalue weighted by atomic mass is 9.96. The standard InChI is InChI=1S/C24H29FN4O2/c25-20-9-4-10-21(16-20)29-23(30)12-11-22(27-29)28-15-5-8-19(17-28)24(31)26-14-13-18-6-2-1-3-7-18/h4,6,9-12,16,19H,1-3,5,7-8,13-15,17H2,(H,26,31). The number of nitrogens with one attached hydrogen (secondary N) is 1. The Morgan fingerprint density at radius 1 is 1.19 bits per heavy atom. The maximum Gasteiger partial charge on any atom is 0.271 e. The van der Waals surface area contributed by atoms with Gasteiger partial charge in [0.25, 0.3) is 5.56 Å². The van der Waals surface area contributed by atoms with Crippen LogP contribution in [0.15, 0.2) is 52.8 Å². The zero-order chi connectivity index (χ0) is 21.6. The van der Waals surface area contributed by atoms with Gasteiger partial charge in [-0.3, -0.25) is 9.59 Å². The van der Waals surface area contributed by atoms with E-state index in [0.29, 0.717) is 24.6 Å². The van der Waals surface area contributed by atoms with E-state index in [1.807, 2.05) is 4.90 Å². The van der Waals surface area contributed by atoms with Gasteiger partial charge in [-0.25, -0.2) is 4.39 Å². The molecule has 6 nitrogen and oxygen atoms in total. The highest BCUT2D eigenvalue weighted by atomic mass is 19.1. The van der Waals surface area contributed by atoms with Gasteiger partial charge in [0.2, 0.25) is 5.91 Å². The molecule has 1 aromatic heterocycles. The number of halogens is 1. The molecule has 0 bridgehead atoms. The second kappa shape index (κ2) is 9.90. The summed E-state index contributed by atoms with van der Waals surface area (Å²) < 4.78 is 14.8. The highest BCUT2D eigenvalue weighted by Crippen LogP contribution is 2.22. The van der Waals surface area contributed by atoms with Crippen LogP contribution < -0.4 is 15.8 Å². The molecule has 1 N–H and O–H groups in total. The van der Waals surface area contributed by atoms with Crippen molar-refractivity contribution < 1.29 is 9.18 Å². The Morgan fingerprint density at radius 3 is 2.90 bits per heavy atom. The molecular weight excluding hydrogens is 395 g/mol. The fourth-order valence-electron chi connectivity index (χ4n) is 4.38. The molecule has 2 aromatic rings. The number of allylic oxidation sites excluding steroid dienone is 1. The number of benzene rings is 1. The maximum absolute atomic E-state index is 13.6. The van der Waals surface area contributed by atoms with Crippen molar-refractivity contribution in [2.45, 2.75) is 44.9 Å². The first-order valence-electron chi connectivity index (χ1n) is 11.2. The van der Waals surface area contributed by atoms with E-state index in [1.54, 1.807) is 18.2 Å². The van der Waals surface area contributed by atoms with Crippen LogP contribution in [0.4, 0.5) is 10.2 Å². The third-order valence-electron chi connectivity index (χ3n) is 6.09. The quantitative estimate of drug-likeness (QED) is 0.720. The predicted octanol–water partition coefficient (Wildman–Crippen LogP) is 3.59. The largest absolute Gasteiger partial charge is 0.355 e. The molecule has 31 heavy (non-hydrogen) atoms. The first-order chi connectivity index (χ1) is 15.1. The highest BCUT2D eigenvalue weighted by Gasteiger charge is 2.26. The summed E-state index contributed by atoms with van der Waals surface area (Å²) in [7, 11) is 0. The van der Waals surface area contributed by atoms with Crippen LogP contribution in [0.2, 0.25) is 0 Å². The summed E-state index contributed by atoms with van der Waals surface area (Å²) in [5.41, 5.74) is 1.52. The minimum Gasteiger partial charge on any atom is -0.355 e. The lowest BCUT2D eigenvalue weighted by Gasteiger charge is -2.33. The van der Waals surface area contributed by atoms with Crippen LogP contribution in [-0.2, 0) is 4.79 Å². The van der Waals surface area contributed by atoms with Gasteiger partial charge in [0.1, 0.15) is 11.6 Å². The summed E-state index contributed by atoms with van der Waals surface area (Å²) in [6, 6.07) is 8.93. The van der Waals surface area contributed by atoms with E-state index in [9.17, 15) is 14.0 Å². The summed E-state index contributed by atoms with van der Waals surface area (Å²) in [6.07, 6.45) is 9.81. The number of piperidine rings is 1. The molecule has 2 heterocycles. The molecule has 1 unspecified atom stereocenters. The Labute approximate surface area is 181 Å². The molecule has 1 fully saturated rings. The van der Waals surface area contributed by atoms with Crippen molar-refractivity contribution in [3.8, 4) is 5.69 Å². The number of aromatic nitrogens is 2. The summed E-state index contributed by atoms with van der Waals surface area (Å²) in [5.74, 6) is 0.175. The minimum absolute atomic E-state index is 0.0829. The number of anilines is 1. The summed E-state index contributed by atoms with van der Waals surface area (Å²) in [4.78, 5) is 27.0. The Kier molecular flexibility index (Phi) is 6.79. The molecule has 1 saturated heterocycles. The zero-order valence-electron chi connectivity index (χ0n) is 17.7. The van der Waals surface area contributed by atoms with Crippen LogP contribution in [0, 0.1) is 11.7 Å². The topological polar surface area (TPSA) is 67.2 Å². The average Bonchev–Trinajstić information content (AvgIpc) is 2.80. The Bertz CT molecular complexity index is 1020. The van der Waals surface area contributed by atoms with E-state index < -0.39 is 5.82 Å². The molecule has 1 aliphatic carbocycles. The second-order valence-corrected chi connectivity index (χ2v) is 8.36. The number of amides is 1. The molecule has 1 atom stereocenters. The molecule has 1 amide bonds. The predicted molar refractivity (Wildman–Crippen MR) is 119 cm³/mol. The summed E-state index contributed by atoms with van der Waals surface area (Å²) in [5, 5.41) is 7.55. The van der Waals surface area contributed by atoms with E-state index >= 15 is 0 Å². The molecular formula is C24H29FN4O2. The molecule has 1 aliphatic heterocycles. The Hall–Kier alpha value is -2.96. The fraction of sp³-hybridized carbons (Fsp3) is 0.458. The van der Waals surface area contributed by atoms with Gasteiger partial charge in [-0.2, -0.15) is 4.68 Å². The molecule has 2 aliphatic rings. The summed E-state index contributed by atoms with van der Waals surface area (Å²) in [6.45, 7) is 2.01. The maximum atomic E-state index is 13.6. The third kappa shape index (κ3) is 5.40. The first kappa shape index (κ1) is 21.3. The van der Waals surface area contributed by atoms with Crippen LogP contribution in [0.25, 0.3) is 5.69 Å². The SMILES string of the molecule is O=C(NCCC1=CCCCC1)C1CCCN(c2ccc(=O)n(-c3cccc(F)c3)n2)C1. The summed E-state index contributed by atoms with van der Waals surface area (Å²) >= 11 is 0. The zero-order valence-corrected chi connectivity index (χ0v) is 17.7. The fourth-order valence-corrected chi connectivity index (χ4v) is 4.38. The van der Waals surface area contributed by atoms with E-state index in [4.69, 9.17) is 0 Å². The van der Waals surface area contributed by atoms with Gasteiger partial charge in [0, 0.05) is 25.7 Å². The van der Waals surface area contributed by atoms with Gasteiger partial charge in [0.05, 0.1) is 11.6 Å². The van der Waals surface area contributed by atoms with Gasteiger partial charge in [0.15, 0.2) is 0 Å². The van der Waals surface area contributed by atoms with Gasteiger partial charge in [-0.05, 0) is 69.2 Å². The van der Waals surface area contributed by atoms with Crippen LogP contribution in [0.3, 0.4) is 0 Å². The van der Waals surface area contributed by atoms with Crippen molar-refractivity contribution in [2.75, 3.05) is 24.5 Å². The Morgan fingerprint density at radius 2 is 2.10 bits per heavy atom. The van der Waals surface area contributed by atoms with E-state index in [2.05, 4.69) is 16.5 Å². The van der Waals surface area contributed by atoms with E-state index in [1.165, 1.54) is 41.3 Å². The van der Waals surface area contributed by atoms with Gasteiger partial charge in [-0.15, -0.1) is 5.10 Å². The number of hydrogen-bond acceptors (Lipinski definition) is 4. The van der Waals surface area contributed by atoms with Crippen LogP contribution >= 0.6 is 0 Å². The van der Waals surface area contributed by atoms with Crippen molar-refractivity contribution >= 4 is 11.7 Å². The average molecular weight is 425 g/mol. The van der Waals surface area contributed by atoms with Crippen molar-refractivity contribution in [1.29, 1.82) is 0 Å². The lowest BCUT2D eigenvalue weighted by molar-refractivity contribution is -0.125. The van der Waals surface area contributed by atoms with Gasteiger partial charge in [-0.1, -0.05) is 17.7 Å². The van der Waals surface area contributed by atoms with Crippen molar-refractivity contribution in [3.05, 3.63) is 64.2 Å². The lowest BCUT2D eigenvalue weighted by Crippen LogP contribution is -2.44. The molecule has 4 rings (SSSR count). The van der Waals surface area contributed by atoms with Crippen LogP contribution in [0.5, 0.6) is 0 Å². The monoisotopic (exact) mass is 424 g/mol. The van der Waals surface area contributed by atoms with E-state index in [-0.39, 0.29) is 17.4 Å². The van der Waals surface area contributed by atoms with Crippen molar-refractivity contribution in [3.63, 3.8) is 0 Å². The normalized spacial score (nSPS) is 19.1. The minimum atomic E-state index is -0.421. The second-order valence-electron chi connectivity index (χ2n) is 8.36. The van der Waals surface area contributed by atoms with Gasteiger partial charge < -0.3 is 10.2 Å². The molecule has 0 saturated carbocycles. The number of carbonyl (C=O) groups is 1. The first-order valence-corrected chi connectivity index (χ1v) is 11.2. The molecule has 1 aromatic carbocycles. The van der Waals surface area contributed by atoms with E-state index in [0.717, 1.165) is 38.6 Å². The molecule has 0 spiro atoms. The number of hydrogen-bond donors (Lipinski definition) is 1. The number of carbonyl (C=O) groups excluding carboxylic acids is 1. The Balaban J connectivity index is 1.40. The van der Waals surface area contributed by atoms with Gasteiger partial charge >= 0.3 is 0 Å². The molecule has 0 radical (unpaired) electrons. The number of nitrogens with zero attached hydrogens (tertiary/aromatic N) is 3. The van der Waals surface area contributed by atoms with Crippen LogP contribution in [0.1, 0.15) is 44.9 Å². The highest BCUT2D eigenvalue weighted by molar-refractivity contribution is 5.79. The number of rotatable bonds is 6. The van der Waals surface area contributed by atoms with Crippen LogP contribution in [-0.4, -0.2) is 35.3 Å².